The van der Waals surface area contributed by atoms with Gasteiger partial charge in [-0.05, 0) is 48.7 Å². The van der Waals surface area contributed by atoms with Crippen LogP contribution in [-0.2, 0) is 4.79 Å². The van der Waals surface area contributed by atoms with Crippen LogP contribution in [-0.4, -0.2) is 56.5 Å². The molecule has 0 unspecified atom stereocenters. The summed E-state index contributed by atoms with van der Waals surface area (Å²) in [5, 5.41) is 0.300. The molecule has 0 atom stereocenters. The first-order chi connectivity index (χ1) is 19.7. The first kappa shape index (κ1) is 29.5. The van der Waals surface area contributed by atoms with Crippen LogP contribution in [0.4, 0.5) is 14.6 Å². The second kappa shape index (κ2) is 12.4. The summed E-state index contributed by atoms with van der Waals surface area (Å²) < 4.78 is 31.7. The number of rotatable bonds is 5. The maximum atomic E-state index is 15.6. The number of pyridine rings is 2. The lowest BCUT2D eigenvalue weighted by molar-refractivity contribution is -0.126. The molecular weight excluding hydrogens is 526 g/mol. The van der Waals surface area contributed by atoms with Crippen molar-refractivity contribution in [3.8, 4) is 16.9 Å². The average molecular weight is 561 g/mol. The van der Waals surface area contributed by atoms with Crippen molar-refractivity contribution in [2.24, 2.45) is 0 Å². The highest BCUT2D eigenvalue weighted by Crippen LogP contribution is 2.33. The smallest absolute Gasteiger partial charge is 0.352 e. The molecule has 0 radical (unpaired) electrons. The molecular formula is C31H34F2N6O2. The number of carbonyl (C=O) groups excluding carboxylic acids is 1. The minimum atomic E-state index is -0.742. The summed E-state index contributed by atoms with van der Waals surface area (Å²) in [6.45, 7) is 14.8. The summed E-state index contributed by atoms with van der Waals surface area (Å²) in [5.41, 5.74) is 1.25. The highest BCUT2D eigenvalue weighted by atomic mass is 19.1. The predicted octanol–water partition coefficient (Wildman–Crippen LogP) is 5.41. The highest BCUT2D eigenvalue weighted by molar-refractivity contribution is 5.91. The van der Waals surface area contributed by atoms with E-state index in [9.17, 15) is 14.0 Å². The van der Waals surface area contributed by atoms with Crippen LogP contribution in [0, 0.1) is 18.6 Å². The van der Waals surface area contributed by atoms with Crippen molar-refractivity contribution < 1.29 is 13.6 Å². The number of amides is 1. The van der Waals surface area contributed by atoms with Crippen LogP contribution in [0.5, 0.6) is 0 Å². The van der Waals surface area contributed by atoms with E-state index >= 15 is 4.39 Å². The molecule has 1 amide bonds. The van der Waals surface area contributed by atoms with Gasteiger partial charge >= 0.3 is 5.69 Å². The Balaban J connectivity index is 0.00000189. The molecule has 1 saturated heterocycles. The minimum absolute atomic E-state index is 0.0159. The minimum Gasteiger partial charge on any atom is -0.352 e. The maximum absolute atomic E-state index is 15.6. The molecule has 0 saturated carbocycles. The number of carbonyl (C=O) groups is 1. The molecule has 41 heavy (non-hydrogen) atoms. The third-order valence-electron chi connectivity index (χ3n) is 6.92. The van der Waals surface area contributed by atoms with Gasteiger partial charge < -0.3 is 9.80 Å². The van der Waals surface area contributed by atoms with Crippen molar-refractivity contribution in [3.63, 3.8) is 0 Å². The molecule has 0 N–H and O–H groups in total. The van der Waals surface area contributed by atoms with Crippen molar-refractivity contribution in [3.05, 3.63) is 88.6 Å². The number of hydrogen-bond donors (Lipinski definition) is 0. The first-order valence-corrected chi connectivity index (χ1v) is 13.7. The van der Waals surface area contributed by atoms with Crippen LogP contribution in [0.15, 0.2) is 60.0 Å². The molecule has 0 spiro atoms. The zero-order valence-corrected chi connectivity index (χ0v) is 24.0. The van der Waals surface area contributed by atoms with Crippen molar-refractivity contribution in [2.45, 2.75) is 40.5 Å². The Hall–Kier alpha value is -4.47. The lowest BCUT2D eigenvalue weighted by Crippen LogP contribution is -2.49. The molecule has 4 heterocycles. The number of aryl methyl sites for hydroxylation is 1. The molecule has 10 heteroatoms. The number of benzene rings is 1. The van der Waals surface area contributed by atoms with Crippen LogP contribution >= 0.6 is 0 Å². The molecule has 1 fully saturated rings. The molecule has 1 aromatic carbocycles. The van der Waals surface area contributed by atoms with Crippen molar-refractivity contribution in [2.75, 3.05) is 31.1 Å². The fourth-order valence-corrected chi connectivity index (χ4v) is 4.94. The summed E-state index contributed by atoms with van der Waals surface area (Å²) >= 11 is 0. The number of hydrogen-bond acceptors (Lipinski definition) is 6. The van der Waals surface area contributed by atoms with Crippen molar-refractivity contribution in [1.29, 1.82) is 0 Å². The molecule has 4 aromatic rings. The van der Waals surface area contributed by atoms with E-state index < -0.39 is 17.3 Å². The average Bonchev–Trinajstić information content (AvgIpc) is 2.98. The molecule has 8 nitrogen and oxygen atoms in total. The van der Waals surface area contributed by atoms with E-state index in [0.717, 1.165) is 5.56 Å². The number of anilines is 1. The summed E-state index contributed by atoms with van der Waals surface area (Å²) in [6.07, 6.45) is 2.93. The quantitative estimate of drug-likeness (QED) is 0.304. The largest absolute Gasteiger partial charge is 0.355 e. The topological polar surface area (TPSA) is 84.2 Å². The molecule has 3 aromatic heterocycles. The van der Waals surface area contributed by atoms with Gasteiger partial charge in [0, 0.05) is 37.9 Å². The molecule has 5 rings (SSSR count). The van der Waals surface area contributed by atoms with Gasteiger partial charge in [0.2, 0.25) is 5.91 Å². The Kier molecular flexibility index (Phi) is 8.90. The van der Waals surface area contributed by atoms with Gasteiger partial charge in [-0.2, -0.15) is 4.98 Å². The fraction of sp³-hybridized carbons (Fsp3) is 0.323. The van der Waals surface area contributed by atoms with Crippen LogP contribution in [0.2, 0.25) is 0 Å². The van der Waals surface area contributed by atoms with Crippen LogP contribution in [0.3, 0.4) is 0 Å². The summed E-state index contributed by atoms with van der Waals surface area (Å²) in [7, 11) is 0. The molecule has 0 bridgehead atoms. The van der Waals surface area contributed by atoms with Gasteiger partial charge in [-0.1, -0.05) is 46.4 Å². The fourth-order valence-electron chi connectivity index (χ4n) is 4.94. The zero-order valence-electron chi connectivity index (χ0n) is 24.0. The second-order valence-electron chi connectivity index (χ2n) is 9.76. The maximum Gasteiger partial charge on any atom is 0.355 e. The van der Waals surface area contributed by atoms with E-state index in [0.29, 0.717) is 42.9 Å². The number of halogens is 2. The standard InChI is InChI=1S/C29H28F2N6O2.C2H6/c1-5-23(38)35-12-14-36(15-13-35)27-20-16-22(31)25(19-8-6-7-9-21(19)30)33-28(20)37(29(39)34-27)26-18(4)10-11-32-24(26)17(2)3;1-2/h5-11,16-17H,1,12-15H2,2-4H3;1-2H3. The molecule has 1 aliphatic rings. The van der Waals surface area contributed by atoms with Crippen LogP contribution in [0.1, 0.15) is 44.9 Å². The number of nitrogens with zero attached hydrogens (tertiary/aromatic N) is 6. The van der Waals surface area contributed by atoms with E-state index in [1.165, 1.54) is 34.9 Å². The first-order valence-electron chi connectivity index (χ1n) is 13.7. The Labute approximate surface area is 238 Å². The van der Waals surface area contributed by atoms with Gasteiger partial charge in [0.25, 0.3) is 0 Å². The van der Waals surface area contributed by atoms with Gasteiger partial charge in [0.05, 0.1) is 16.8 Å². The summed E-state index contributed by atoms with van der Waals surface area (Å²) in [4.78, 5) is 42.8. The lowest BCUT2D eigenvalue weighted by atomic mass is 10.0. The Bertz CT molecular complexity index is 1660. The van der Waals surface area contributed by atoms with Crippen molar-refractivity contribution >= 4 is 22.8 Å². The predicted molar refractivity (Wildman–Crippen MR) is 157 cm³/mol. The Morgan fingerprint density at radius 1 is 1.02 bits per heavy atom. The lowest BCUT2D eigenvalue weighted by Gasteiger charge is -2.35. The SMILES string of the molecule is C=CC(=O)N1CCN(c2nc(=O)n(-c3c(C)ccnc3C(C)C)c3nc(-c4ccccc4F)c(F)cc23)CC1.CC. The van der Waals surface area contributed by atoms with E-state index in [1.54, 1.807) is 23.2 Å². The molecule has 214 valence electrons. The molecule has 1 aliphatic heterocycles. The van der Waals surface area contributed by atoms with Gasteiger partial charge in [0.15, 0.2) is 5.65 Å². The van der Waals surface area contributed by atoms with E-state index in [2.05, 4.69) is 21.5 Å². The normalized spacial score (nSPS) is 13.3. The summed E-state index contributed by atoms with van der Waals surface area (Å²) in [6, 6.07) is 8.83. The number of piperazine rings is 1. The molecule has 0 aliphatic carbocycles. The van der Waals surface area contributed by atoms with E-state index in [-0.39, 0.29) is 34.5 Å². The van der Waals surface area contributed by atoms with E-state index in [1.807, 2.05) is 39.5 Å². The van der Waals surface area contributed by atoms with Gasteiger partial charge in [-0.25, -0.2) is 23.1 Å². The number of fused-ring (bicyclic) bond motifs is 1. The summed E-state index contributed by atoms with van der Waals surface area (Å²) in [5.74, 6) is -1.33. The third-order valence-corrected chi connectivity index (χ3v) is 6.92. The van der Waals surface area contributed by atoms with Crippen LogP contribution in [0.25, 0.3) is 28.0 Å². The van der Waals surface area contributed by atoms with Gasteiger partial charge in [-0.3, -0.25) is 9.78 Å². The zero-order chi connectivity index (χ0) is 29.8. The second-order valence-corrected chi connectivity index (χ2v) is 9.76. The number of aromatic nitrogens is 4. The Morgan fingerprint density at radius 2 is 1.71 bits per heavy atom. The van der Waals surface area contributed by atoms with Gasteiger partial charge in [-0.15, -0.1) is 0 Å². The van der Waals surface area contributed by atoms with Crippen molar-refractivity contribution in [1.82, 2.24) is 24.4 Å². The van der Waals surface area contributed by atoms with Gasteiger partial charge in [0.1, 0.15) is 23.1 Å². The monoisotopic (exact) mass is 560 g/mol. The third kappa shape index (κ3) is 5.59. The van der Waals surface area contributed by atoms with E-state index in [4.69, 9.17) is 0 Å². The highest BCUT2D eigenvalue weighted by Gasteiger charge is 2.27. The Morgan fingerprint density at radius 3 is 2.34 bits per heavy atom. The van der Waals surface area contributed by atoms with Crippen LogP contribution < -0.4 is 10.6 Å².